The van der Waals surface area contributed by atoms with E-state index in [4.69, 9.17) is 23.8 Å². The van der Waals surface area contributed by atoms with Crippen LogP contribution >= 0.6 is 35.6 Å². The van der Waals surface area contributed by atoms with Gasteiger partial charge in [0.15, 0.2) is 0 Å². The van der Waals surface area contributed by atoms with Crippen molar-refractivity contribution in [2.45, 2.75) is 5.25 Å². The van der Waals surface area contributed by atoms with E-state index in [2.05, 4.69) is 5.32 Å². The molecule has 0 fully saturated rings. The fourth-order valence-electron chi connectivity index (χ4n) is 2.06. The average molecular weight is 310 g/mol. The third-order valence-corrected chi connectivity index (χ3v) is 4.63. The molecule has 1 aliphatic rings. The molecule has 0 radical (unpaired) electrons. The van der Waals surface area contributed by atoms with Crippen LogP contribution in [0.15, 0.2) is 42.5 Å². The molecule has 0 aliphatic carbocycles. The highest BCUT2D eigenvalue weighted by molar-refractivity contribution is 8.23. The zero-order chi connectivity index (χ0) is 13.4. The summed E-state index contributed by atoms with van der Waals surface area (Å²) in [5.41, 5.74) is 3.04. The molecule has 5 heteroatoms. The Balaban J connectivity index is 2.09. The lowest BCUT2D eigenvalue weighted by atomic mass is 10.0. The second-order valence-corrected chi connectivity index (χ2v) is 6.41. The van der Waals surface area contributed by atoms with E-state index in [9.17, 15) is 4.39 Å². The summed E-state index contributed by atoms with van der Waals surface area (Å²) in [4.78, 5) is 0. The number of thiocarbonyl (C=S) groups is 1. The molecule has 0 aromatic heterocycles. The van der Waals surface area contributed by atoms with Crippen LogP contribution in [-0.4, -0.2) is 4.32 Å². The first-order valence-electron chi connectivity index (χ1n) is 5.66. The molecule has 1 unspecified atom stereocenters. The third kappa shape index (κ3) is 2.61. The van der Waals surface area contributed by atoms with Crippen molar-refractivity contribution in [3.05, 3.63) is 64.4 Å². The number of nitrogens with one attached hydrogen (secondary N) is 1. The third-order valence-electron chi connectivity index (χ3n) is 2.93. The van der Waals surface area contributed by atoms with Crippen molar-refractivity contribution in [3.63, 3.8) is 0 Å². The van der Waals surface area contributed by atoms with Crippen molar-refractivity contribution in [1.29, 1.82) is 0 Å². The molecule has 1 aliphatic heterocycles. The van der Waals surface area contributed by atoms with Crippen molar-refractivity contribution < 1.29 is 4.39 Å². The molecule has 0 saturated heterocycles. The van der Waals surface area contributed by atoms with Gasteiger partial charge in [0, 0.05) is 10.7 Å². The van der Waals surface area contributed by atoms with E-state index in [1.807, 2.05) is 18.2 Å². The standard InChI is InChI=1S/C14H9ClFNS2/c15-9-3-6-12-11(7-9)13(19-14(18)17-12)8-1-4-10(16)5-2-8/h1-7,13H,(H,17,18). The minimum absolute atomic E-state index is 0.0445. The van der Waals surface area contributed by atoms with Crippen LogP contribution in [0, 0.1) is 5.82 Å². The summed E-state index contributed by atoms with van der Waals surface area (Å²) in [7, 11) is 0. The fourth-order valence-corrected chi connectivity index (χ4v) is 3.64. The van der Waals surface area contributed by atoms with Gasteiger partial charge in [-0.05, 0) is 41.5 Å². The van der Waals surface area contributed by atoms with Gasteiger partial charge in [0.25, 0.3) is 0 Å². The molecule has 1 atom stereocenters. The predicted molar refractivity (Wildman–Crippen MR) is 83.5 cm³/mol. The molecule has 1 nitrogen and oxygen atoms in total. The second-order valence-electron chi connectivity index (χ2n) is 4.19. The van der Waals surface area contributed by atoms with Crippen LogP contribution in [0.25, 0.3) is 0 Å². The topological polar surface area (TPSA) is 12.0 Å². The van der Waals surface area contributed by atoms with E-state index in [-0.39, 0.29) is 11.1 Å². The fraction of sp³-hybridized carbons (Fsp3) is 0.0714. The summed E-state index contributed by atoms with van der Waals surface area (Å²) < 4.78 is 13.7. The molecule has 0 saturated carbocycles. The molecular weight excluding hydrogens is 301 g/mol. The van der Waals surface area contributed by atoms with E-state index >= 15 is 0 Å². The van der Waals surface area contributed by atoms with Crippen molar-refractivity contribution in [2.24, 2.45) is 0 Å². The average Bonchev–Trinajstić information content (AvgIpc) is 2.39. The van der Waals surface area contributed by atoms with Crippen LogP contribution in [-0.2, 0) is 0 Å². The van der Waals surface area contributed by atoms with Crippen LogP contribution in [0.3, 0.4) is 0 Å². The maximum atomic E-state index is 13.0. The van der Waals surface area contributed by atoms with Crippen LogP contribution in [0.4, 0.5) is 10.1 Å². The molecule has 19 heavy (non-hydrogen) atoms. The number of anilines is 1. The minimum atomic E-state index is -0.239. The number of fused-ring (bicyclic) bond motifs is 1. The molecule has 2 aromatic rings. The Hall–Kier alpha value is -1.10. The first kappa shape index (κ1) is 12.9. The molecule has 0 bridgehead atoms. The SMILES string of the molecule is Fc1ccc(C2SC(=S)Nc3ccc(Cl)cc32)cc1. The van der Waals surface area contributed by atoms with E-state index in [0.29, 0.717) is 9.34 Å². The zero-order valence-electron chi connectivity index (χ0n) is 9.69. The van der Waals surface area contributed by atoms with Crippen LogP contribution in [0.1, 0.15) is 16.4 Å². The Morgan fingerprint density at radius 3 is 2.63 bits per heavy atom. The molecule has 1 N–H and O–H groups in total. The first-order chi connectivity index (χ1) is 9.13. The Labute approximate surface area is 125 Å². The summed E-state index contributed by atoms with van der Waals surface area (Å²) in [6.45, 7) is 0. The quantitative estimate of drug-likeness (QED) is 0.743. The van der Waals surface area contributed by atoms with Gasteiger partial charge in [-0.25, -0.2) is 4.39 Å². The summed E-state index contributed by atoms with van der Waals surface area (Å²) in [6, 6.07) is 12.2. The van der Waals surface area contributed by atoms with E-state index in [0.717, 1.165) is 16.8 Å². The molecule has 0 amide bonds. The maximum absolute atomic E-state index is 13.0. The van der Waals surface area contributed by atoms with Gasteiger partial charge in [-0.15, -0.1) is 0 Å². The monoisotopic (exact) mass is 309 g/mol. The summed E-state index contributed by atoms with van der Waals surface area (Å²) in [5.74, 6) is -0.239. The number of benzene rings is 2. The van der Waals surface area contributed by atoms with E-state index < -0.39 is 0 Å². The smallest absolute Gasteiger partial charge is 0.139 e. The van der Waals surface area contributed by atoms with Gasteiger partial charge >= 0.3 is 0 Å². The molecular formula is C14H9ClFNS2. The Morgan fingerprint density at radius 2 is 1.89 bits per heavy atom. The lowest BCUT2D eigenvalue weighted by molar-refractivity contribution is 0.627. The highest BCUT2D eigenvalue weighted by atomic mass is 35.5. The molecule has 96 valence electrons. The van der Waals surface area contributed by atoms with Crippen LogP contribution in [0.2, 0.25) is 5.02 Å². The Morgan fingerprint density at radius 1 is 1.16 bits per heavy atom. The minimum Gasteiger partial charge on any atom is -0.341 e. The van der Waals surface area contributed by atoms with Crippen molar-refractivity contribution in [1.82, 2.24) is 0 Å². The van der Waals surface area contributed by atoms with Crippen molar-refractivity contribution in [2.75, 3.05) is 5.32 Å². The summed E-state index contributed by atoms with van der Waals surface area (Å²) >= 11 is 12.9. The van der Waals surface area contributed by atoms with E-state index in [1.165, 1.54) is 23.9 Å². The molecule has 0 spiro atoms. The molecule has 2 aromatic carbocycles. The Bertz CT molecular complexity index is 642. The summed E-state index contributed by atoms with van der Waals surface area (Å²) in [6.07, 6.45) is 0. The van der Waals surface area contributed by atoms with Gasteiger partial charge in [-0.2, -0.15) is 0 Å². The van der Waals surface area contributed by atoms with Crippen LogP contribution in [0.5, 0.6) is 0 Å². The zero-order valence-corrected chi connectivity index (χ0v) is 12.1. The number of hydrogen-bond donors (Lipinski definition) is 1. The summed E-state index contributed by atoms with van der Waals surface area (Å²) in [5, 5.41) is 3.89. The molecule has 1 heterocycles. The van der Waals surface area contributed by atoms with Crippen LogP contribution < -0.4 is 5.32 Å². The lowest BCUT2D eigenvalue weighted by Gasteiger charge is -2.27. The number of hydrogen-bond acceptors (Lipinski definition) is 2. The van der Waals surface area contributed by atoms with Gasteiger partial charge < -0.3 is 5.32 Å². The van der Waals surface area contributed by atoms with Gasteiger partial charge in [0.1, 0.15) is 10.1 Å². The number of rotatable bonds is 1. The van der Waals surface area contributed by atoms with Gasteiger partial charge in [0.05, 0.1) is 5.25 Å². The number of halogens is 2. The normalized spacial score (nSPS) is 17.8. The van der Waals surface area contributed by atoms with Crippen molar-refractivity contribution >= 4 is 45.6 Å². The number of thioether (sulfide) groups is 1. The van der Waals surface area contributed by atoms with E-state index in [1.54, 1.807) is 12.1 Å². The lowest BCUT2D eigenvalue weighted by Crippen LogP contribution is -2.16. The molecule has 3 rings (SSSR count). The largest absolute Gasteiger partial charge is 0.341 e. The highest BCUT2D eigenvalue weighted by Crippen LogP contribution is 2.44. The van der Waals surface area contributed by atoms with Gasteiger partial charge in [-0.1, -0.05) is 47.7 Å². The maximum Gasteiger partial charge on any atom is 0.139 e. The Kier molecular flexibility index (Phi) is 3.48. The first-order valence-corrected chi connectivity index (χ1v) is 7.32. The predicted octanol–water partition coefficient (Wildman–Crippen LogP) is 5.01. The van der Waals surface area contributed by atoms with Crippen molar-refractivity contribution in [3.8, 4) is 0 Å². The second kappa shape index (κ2) is 5.12. The van der Waals surface area contributed by atoms with Gasteiger partial charge in [0.2, 0.25) is 0 Å². The highest BCUT2D eigenvalue weighted by Gasteiger charge is 2.25. The van der Waals surface area contributed by atoms with Gasteiger partial charge in [-0.3, -0.25) is 0 Å².